The highest BCUT2D eigenvalue weighted by Crippen LogP contribution is 2.18. The van der Waals surface area contributed by atoms with Crippen LogP contribution in [-0.4, -0.2) is 29.9 Å². The van der Waals surface area contributed by atoms with Crippen molar-refractivity contribution >= 4 is 15.7 Å². The van der Waals surface area contributed by atoms with Gasteiger partial charge >= 0.3 is 0 Å². The first-order valence-electron chi connectivity index (χ1n) is 9.44. The number of benzene rings is 2. The van der Waals surface area contributed by atoms with E-state index in [0.717, 1.165) is 28.2 Å². The summed E-state index contributed by atoms with van der Waals surface area (Å²) in [7, 11) is -3.48. The van der Waals surface area contributed by atoms with Crippen LogP contribution in [0.2, 0.25) is 0 Å². The van der Waals surface area contributed by atoms with E-state index in [1.165, 1.54) is 0 Å². The van der Waals surface area contributed by atoms with Crippen LogP contribution in [0.4, 0.5) is 0 Å². The van der Waals surface area contributed by atoms with Crippen molar-refractivity contribution in [2.75, 3.05) is 5.75 Å². The maximum atomic E-state index is 12.4. The van der Waals surface area contributed by atoms with Crippen molar-refractivity contribution in [1.82, 2.24) is 15.1 Å². The van der Waals surface area contributed by atoms with Gasteiger partial charge in [0.1, 0.15) is 0 Å². The number of aromatic nitrogens is 2. The van der Waals surface area contributed by atoms with Crippen LogP contribution in [-0.2, 0) is 21.2 Å². The van der Waals surface area contributed by atoms with E-state index in [9.17, 15) is 13.2 Å². The van der Waals surface area contributed by atoms with Crippen LogP contribution in [0.25, 0.3) is 5.69 Å². The lowest BCUT2D eigenvalue weighted by atomic mass is 10.2. The van der Waals surface area contributed by atoms with Crippen molar-refractivity contribution in [2.24, 2.45) is 0 Å². The zero-order chi connectivity index (χ0) is 21.0. The maximum absolute atomic E-state index is 12.4. The molecule has 0 aliphatic heterocycles. The zero-order valence-electron chi connectivity index (χ0n) is 16.8. The van der Waals surface area contributed by atoms with E-state index < -0.39 is 9.84 Å². The first kappa shape index (κ1) is 20.8. The third-order valence-electron chi connectivity index (χ3n) is 4.88. The molecule has 0 saturated heterocycles. The van der Waals surface area contributed by atoms with E-state index in [1.807, 2.05) is 55.8 Å². The monoisotopic (exact) mass is 411 g/mol. The molecular weight excluding hydrogens is 386 g/mol. The van der Waals surface area contributed by atoms with Crippen molar-refractivity contribution in [3.8, 4) is 5.69 Å². The van der Waals surface area contributed by atoms with Gasteiger partial charge in [-0.15, -0.1) is 0 Å². The molecule has 3 rings (SSSR count). The fraction of sp³-hybridized carbons (Fsp3) is 0.273. The number of carbonyl (C=O) groups excluding carboxylic acids is 1. The van der Waals surface area contributed by atoms with Crippen LogP contribution in [0.5, 0.6) is 0 Å². The minimum absolute atomic E-state index is 0.0822. The second-order valence-electron chi connectivity index (χ2n) is 7.06. The third kappa shape index (κ3) is 4.92. The number of carbonyl (C=O) groups is 1. The zero-order valence-corrected chi connectivity index (χ0v) is 17.7. The molecule has 0 radical (unpaired) electrons. The first-order chi connectivity index (χ1) is 13.8. The Morgan fingerprint density at radius 1 is 1.00 bits per heavy atom. The number of hydrogen-bond acceptors (Lipinski definition) is 4. The molecule has 0 bridgehead atoms. The molecule has 7 heteroatoms. The highest BCUT2D eigenvalue weighted by atomic mass is 32.2. The summed E-state index contributed by atoms with van der Waals surface area (Å²) in [6.07, 6.45) is -0.0822. The fourth-order valence-corrected chi connectivity index (χ4v) is 4.36. The quantitative estimate of drug-likeness (QED) is 0.647. The van der Waals surface area contributed by atoms with E-state index in [0.29, 0.717) is 6.54 Å². The highest BCUT2D eigenvalue weighted by Gasteiger charge is 2.17. The first-order valence-corrected chi connectivity index (χ1v) is 11.1. The standard InChI is InChI=1S/C22H25N3O3S/c1-16-9-11-20(12-10-16)29(27,28)14-13-22(26)23-15-21-17(2)24-25(18(21)3)19-7-5-4-6-8-19/h4-12H,13-15H2,1-3H3,(H,23,26). The van der Waals surface area contributed by atoms with Gasteiger partial charge in [0.15, 0.2) is 9.84 Å². The second-order valence-corrected chi connectivity index (χ2v) is 9.16. The summed E-state index contributed by atoms with van der Waals surface area (Å²) in [5, 5.41) is 7.38. The molecule has 0 fully saturated rings. The van der Waals surface area contributed by atoms with Crippen molar-refractivity contribution in [3.05, 3.63) is 77.1 Å². The maximum Gasteiger partial charge on any atom is 0.221 e. The third-order valence-corrected chi connectivity index (χ3v) is 6.61. The molecule has 1 amide bonds. The lowest BCUT2D eigenvalue weighted by Gasteiger charge is -2.08. The van der Waals surface area contributed by atoms with Gasteiger partial charge in [-0.05, 0) is 45.0 Å². The summed E-state index contributed by atoms with van der Waals surface area (Å²) in [4.78, 5) is 12.5. The summed E-state index contributed by atoms with van der Waals surface area (Å²) in [6.45, 7) is 6.06. The fourth-order valence-electron chi connectivity index (χ4n) is 3.12. The predicted molar refractivity (Wildman–Crippen MR) is 113 cm³/mol. The number of amides is 1. The van der Waals surface area contributed by atoms with Gasteiger partial charge in [0.05, 0.1) is 22.0 Å². The van der Waals surface area contributed by atoms with Gasteiger partial charge in [-0.2, -0.15) is 5.10 Å². The predicted octanol–water partition coefficient (Wildman–Crippen LogP) is 3.28. The molecule has 0 atom stereocenters. The molecule has 0 aliphatic carbocycles. The molecule has 2 aromatic carbocycles. The van der Waals surface area contributed by atoms with Gasteiger partial charge in [-0.25, -0.2) is 13.1 Å². The van der Waals surface area contributed by atoms with Crippen molar-refractivity contribution in [1.29, 1.82) is 0 Å². The molecule has 152 valence electrons. The number of aryl methyl sites for hydroxylation is 2. The van der Waals surface area contributed by atoms with Crippen molar-refractivity contribution < 1.29 is 13.2 Å². The van der Waals surface area contributed by atoms with Crippen LogP contribution in [0.15, 0.2) is 59.5 Å². The normalized spacial score (nSPS) is 11.4. The lowest BCUT2D eigenvalue weighted by molar-refractivity contribution is -0.120. The van der Waals surface area contributed by atoms with E-state index >= 15 is 0 Å². The Bertz CT molecular complexity index is 1100. The molecule has 6 nitrogen and oxygen atoms in total. The number of nitrogens with one attached hydrogen (secondary N) is 1. The smallest absolute Gasteiger partial charge is 0.221 e. The Kier molecular flexibility index (Phi) is 6.17. The average Bonchev–Trinajstić information content (AvgIpc) is 2.99. The summed E-state index contributed by atoms with van der Waals surface area (Å²) < 4.78 is 26.6. The Hall–Kier alpha value is -2.93. The molecule has 3 aromatic rings. The topological polar surface area (TPSA) is 81.1 Å². The molecular formula is C22H25N3O3S. The van der Waals surface area contributed by atoms with E-state index in [1.54, 1.807) is 24.3 Å². The summed E-state index contributed by atoms with van der Waals surface area (Å²) in [6, 6.07) is 16.4. The molecule has 0 spiro atoms. The Morgan fingerprint density at radius 2 is 1.66 bits per heavy atom. The van der Waals surface area contributed by atoms with Gasteiger partial charge < -0.3 is 5.32 Å². The van der Waals surface area contributed by atoms with Gasteiger partial charge in [0.2, 0.25) is 5.91 Å². The molecule has 0 aliphatic rings. The van der Waals surface area contributed by atoms with Crippen LogP contribution >= 0.6 is 0 Å². The molecule has 1 N–H and O–H groups in total. The summed E-state index contributed by atoms with van der Waals surface area (Å²) in [5.41, 5.74) is 4.65. The van der Waals surface area contributed by atoms with Gasteiger partial charge in [-0.1, -0.05) is 35.9 Å². The van der Waals surface area contributed by atoms with Crippen molar-refractivity contribution in [2.45, 2.75) is 38.6 Å². The molecule has 0 unspecified atom stereocenters. The Balaban J connectivity index is 1.61. The van der Waals surface area contributed by atoms with Crippen molar-refractivity contribution in [3.63, 3.8) is 0 Å². The summed E-state index contributed by atoms with van der Waals surface area (Å²) >= 11 is 0. The average molecular weight is 412 g/mol. The minimum Gasteiger partial charge on any atom is -0.352 e. The molecule has 0 saturated carbocycles. The molecule has 29 heavy (non-hydrogen) atoms. The van der Waals surface area contributed by atoms with E-state index in [4.69, 9.17) is 0 Å². The minimum atomic E-state index is -3.48. The molecule has 1 heterocycles. The van der Waals surface area contributed by atoms with Crippen LogP contribution in [0.3, 0.4) is 0 Å². The van der Waals surface area contributed by atoms with Gasteiger partial charge in [0.25, 0.3) is 0 Å². The highest BCUT2D eigenvalue weighted by molar-refractivity contribution is 7.91. The lowest BCUT2D eigenvalue weighted by Crippen LogP contribution is -2.25. The largest absolute Gasteiger partial charge is 0.352 e. The number of hydrogen-bond donors (Lipinski definition) is 1. The van der Waals surface area contributed by atoms with Gasteiger partial charge in [0, 0.05) is 24.2 Å². The van der Waals surface area contributed by atoms with Crippen LogP contribution in [0.1, 0.15) is 28.9 Å². The van der Waals surface area contributed by atoms with Crippen LogP contribution < -0.4 is 5.32 Å². The van der Waals surface area contributed by atoms with E-state index in [2.05, 4.69) is 10.4 Å². The SMILES string of the molecule is Cc1ccc(S(=O)(=O)CCC(=O)NCc2c(C)nn(-c3ccccc3)c2C)cc1. The second kappa shape index (κ2) is 8.61. The number of sulfone groups is 1. The summed E-state index contributed by atoms with van der Waals surface area (Å²) in [5.74, 6) is -0.518. The number of para-hydroxylation sites is 1. The Morgan fingerprint density at radius 3 is 2.31 bits per heavy atom. The number of nitrogens with zero attached hydrogens (tertiary/aromatic N) is 2. The van der Waals surface area contributed by atoms with Gasteiger partial charge in [-0.3, -0.25) is 4.79 Å². The van der Waals surface area contributed by atoms with Crippen LogP contribution in [0, 0.1) is 20.8 Å². The van der Waals surface area contributed by atoms with E-state index in [-0.39, 0.29) is 23.0 Å². The Labute approximate surface area is 171 Å². The number of rotatable bonds is 7. The molecule has 1 aromatic heterocycles.